The number of benzene rings is 3. The summed E-state index contributed by atoms with van der Waals surface area (Å²) in [6.45, 7) is 0. The van der Waals surface area contributed by atoms with E-state index in [4.69, 9.17) is 18.0 Å². The number of nitrogens with two attached hydrogens (primary N) is 1. The predicted octanol–water partition coefficient (Wildman–Crippen LogP) is 3.83. The second kappa shape index (κ2) is 7.12. The first-order valence-electron chi connectivity index (χ1n) is 7.69. The molecule has 0 radical (unpaired) electrons. The third-order valence-corrected chi connectivity index (χ3v) is 7.29. The van der Waals surface area contributed by atoms with Gasteiger partial charge in [0, 0.05) is 22.3 Å². The largest absolute Gasteiger partial charge is 0.389 e. The third kappa shape index (κ3) is 3.33. The van der Waals surface area contributed by atoms with Crippen LogP contribution in [0.2, 0.25) is 0 Å². The van der Waals surface area contributed by atoms with E-state index in [9.17, 15) is 4.57 Å². The van der Waals surface area contributed by atoms with Gasteiger partial charge in [0.2, 0.25) is 0 Å². The van der Waals surface area contributed by atoms with Crippen molar-refractivity contribution in [3.05, 3.63) is 96.1 Å². The Bertz CT molecular complexity index is 850. The maximum atomic E-state index is 14.1. The van der Waals surface area contributed by atoms with Crippen LogP contribution in [0.1, 0.15) is 11.1 Å². The number of hydrogen-bond acceptors (Lipinski definition) is 2. The molecule has 0 bridgehead atoms. The predicted molar refractivity (Wildman–Crippen MR) is 106 cm³/mol. The number of thiocarbonyl (C=S) groups is 1. The van der Waals surface area contributed by atoms with Crippen LogP contribution in [0.15, 0.2) is 84.9 Å². The summed E-state index contributed by atoms with van der Waals surface area (Å²) in [5.41, 5.74) is 7.56. The molecule has 0 fully saturated rings. The number of rotatable bonds is 5. The normalized spacial score (nSPS) is 11.2. The zero-order valence-electron chi connectivity index (χ0n) is 13.1. The van der Waals surface area contributed by atoms with Gasteiger partial charge in [-0.3, -0.25) is 0 Å². The average Bonchev–Trinajstić information content (AvgIpc) is 2.63. The Hall–Kier alpha value is -2.22. The van der Waals surface area contributed by atoms with Crippen LogP contribution in [0.3, 0.4) is 0 Å². The molecular weight excluding hydrogens is 333 g/mol. The lowest BCUT2D eigenvalue weighted by atomic mass is 10.1. The molecule has 2 nitrogen and oxygen atoms in total. The van der Waals surface area contributed by atoms with E-state index < -0.39 is 7.14 Å². The lowest BCUT2D eigenvalue weighted by Crippen LogP contribution is -2.19. The van der Waals surface area contributed by atoms with Crippen LogP contribution < -0.4 is 16.3 Å². The first-order chi connectivity index (χ1) is 11.6. The van der Waals surface area contributed by atoms with Crippen LogP contribution in [-0.2, 0) is 10.7 Å². The molecule has 0 atom stereocenters. The molecule has 0 saturated carbocycles. The van der Waals surface area contributed by atoms with Crippen molar-refractivity contribution in [2.75, 3.05) is 0 Å². The van der Waals surface area contributed by atoms with Gasteiger partial charge in [-0.2, -0.15) is 0 Å². The van der Waals surface area contributed by atoms with Gasteiger partial charge >= 0.3 is 0 Å². The molecular formula is C20H18NOPS. The summed E-state index contributed by atoms with van der Waals surface area (Å²) in [4.78, 5) is 0.332. The van der Waals surface area contributed by atoms with Crippen LogP contribution in [-0.4, -0.2) is 4.99 Å². The van der Waals surface area contributed by atoms with Crippen molar-refractivity contribution >= 4 is 35.0 Å². The van der Waals surface area contributed by atoms with Gasteiger partial charge in [-0.15, -0.1) is 0 Å². The Balaban J connectivity index is 2.15. The lowest BCUT2D eigenvalue weighted by Gasteiger charge is -2.21. The molecule has 3 rings (SSSR count). The minimum Gasteiger partial charge on any atom is -0.389 e. The van der Waals surface area contributed by atoms with E-state index in [1.165, 1.54) is 0 Å². The molecule has 0 aliphatic rings. The highest BCUT2D eigenvalue weighted by molar-refractivity contribution is 7.80. The van der Waals surface area contributed by atoms with Gasteiger partial charge in [0.25, 0.3) is 0 Å². The highest BCUT2D eigenvalue weighted by atomic mass is 32.1. The second-order valence-corrected chi connectivity index (χ2v) is 8.86. The summed E-state index contributed by atoms with van der Waals surface area (Å²) in [7, 11) is -2.83. The Morgan fingerprint density at radius 3 is 1.75 bits per heavy atom. The van der Waals surface area contributed by atoms with Crippen molar-refractivity contribution in [1.82, 2.24) is 0 Å². The van der Waals surface area contributed by atoms with Crippen molar-refractivity contribution in [2.24, 2.45) is 5.73 Å². The maximum Gasteiger partial charge on any atom is 0.147 e. The lowest BCUT2D eigenvalue weighted by molar-refractivity contribution is 0.586. The van der Waals surface area contributed by atoms with Crippen molar-refractivity contribution < 1.29 is 4.57 Å². The van der Waals surface area contributed by atoms with E-state index in [0.717, 1.165) is 21.7 Å². The molecule has 0 aromatic heterocycles. The first-order valence-corrected chi connectivity index (χ1v) is 9.99. The summed E-state index contributed by atoms with van der Waals surface area (Å²) in [5.74, 6) is 0. The van der Waals surface area contributed by atoms with E-state index in [0.29, 0.717) is 11.2 Å². The van der Waals surface area contributed by atoms with Crippen molar-refractivity contribution in [3.8, 4) is 0 Å². The Morgan fingerprint density at radius 2 is 1.25 bits per heavy atom. The Labute approximate surface area is 147 Å². The molecule has 2 N–H and O–H groups in total. The van der Waals surface area contributed by atoms with E-state index in [2.05, 4.69) is 0 Å². The molecule has 0 unspecified atom stereocenters. The fourth-order valence-electron chi connectivity index (χ4n) is 2.81. The molecule has 0 amide bonds. The van der Waals surface area contributed by atoms with E-state index in [-0.39, 0.29) is 0 Å². The van der Waals surface area contributed by atoms with Crippen LogP contribution in [0.4, 0.5) is 0 Å². The van der Waals surface area contributed by atoms with Gasteiger partial charge in [0.15, 0.2) is 0 Å². The third-order valence-electron chi connectivity index (χ3n) is 4.02. The summed E-state index contributed by atoms with van der Waals surface area (Å²) in [6.07, 6.45) is 0.397. The zero-order chi connectivity index (χ0) is 17.0. The van der Waals surface area contributed by atoms with Crippen molar-refractivity contribution in [2.45, 2.75) is 6.16 Å². The topological polar surface area (TPSA) is 43.1 Å². The highest BCUT2D eigenvalue weighted by Gasteiger charge is 2.28. The van der Waals surface area contributed by atoms with Gasteiger partial charge in [-0.25, -0.2) is 0 Å². The Kier molecular flexibility index (Phi) is 4.94. The van der Waals surface area contributed by atoms with Gasteiger partial charge < -0.3 is 10.3 Å². The molecule has 24 heavy (non-hydrogen) atoms. The smallest absolute Gasteiger partial charge is 0.147 e. The molecule has 0 aliphatic carbocycles. The van der Waals surface area contributed by atoms with E-state index in [1.807, 2.05) is 84.9 Å². The minimum absolute atomic E-state index is 0.332. The zero-order valence-corrected chi connectivity index (χ0v) is 14.8. The summed E-state index contributed by atoms with van der Waals surface area (Å²) >= 11 is 5.16. The van der Waals surface area contributed by atoms with Crippen molar-refractivity contribution in [3.63, 3.8) is 0 Å². The van der Waals surface area contributed by atoms with E-state index >= 15 is 0 Å². The van der Waals surface area contributed by atoms with Crippen LogP contribution in [0.25, 0.3) is 0 Å². The molecule has 120 valence electrons. The molecule has 3 aromatic carbocycles. The van der Waals surface area contributed by atoms with Crippen LogP contribution in [0.5, 0.6) is 0 Å². The molecule has 4 heteroatoms. The maximum absolute atomic E-state index is 14.1. The second-order valence-electron chi connectivity index (χ2n) is 5.59. The number of hydrogen-bond donors (Lipinski definition) is 1. The van der Waals surface area contributed by atoms with Crippen LogP contribution >= 0.6 is 19.4 Å². The standard InChI is InChI=1S/C20H18NOPS/c21-20(24)19-14-8-7-9-16(19)15-23(22,17-10-3-1-4-11-17)18-12-5-2-6-13-18/h1-14H,15H2,(H2,21,24). The molecule has 0 saturated heterocycles. The quantitative estimate of drug-likeness (QED) is 0.561. The van der Waals surface area contributed by atoms with Crippen LogP contribution in [0, 0.1) is 0 Å². The van der Waals surface area contributed by atoms with Crippen molar-refractivity contribution in [1.29, 1.82) is 0 Å². The minimum atomic E-state index is -2.83. The van der Waals surface area contributed by atoms with Gasteiger partial charge in [-0.1, -0.05) is 97.1 Å². The first kappa shape index (κ1) is 16.6. The average molecular weight is 351 g/mol. The molecule has 0 heterocycles. The van der Waals surface area contributed by atoms with Gasteiger partial charge in [0.05, 0.1) is 0 Å². The van der Waals surface area contributed by atoms with Gasteiger partial charge in [-0.05, 0) is 5.56 Å². The molecule has 0 spiro atoms. The molecule has 3 aromatic rings. The Morgan fingerprint density at radius 1 is 0.792 bits per heavy atom. The summed E-state index contributed by atoms with van der Waals surface area (Å²) < 4.78 is 14.1. The highest BCUT2D eigenvalue weighted by Crippen LogP contribution is 2.47. The monoisotopic (exact) mass is 351 g/mol. The summed E-state index contributed by atoms with van der Waals surface area (Å²) in [6, 6.07) is 26.9. The molecule has 0 aliphatic heterocycles. The SMILES string of the molecule is NC(=S)c1ccccc1CP(=O)(c1ccccc1)c1ccccc1. The fraction of sp³-hybridized carbons (Fsp3) is 0.0500. The summed E-state index contributed by atoms with van der Waals surface area (Å²) in [5, 5.41) is 1.68. The fourth-order valence-corrected chi connectivity index (χ4v) is 5.73. The van der Waals surface area contributed by atoms with Gasteiger partial charge in [0.1, 0.15) is 12.1 Å². The van der Waals surface area contributed by atoms with E-state index in [1.54, 1.807) is 0 Å².